The van der Waals surface area contributed by atoms with E-state index in [2.05, 4.69) is 18.8 Å². The van der Waals surface area contributed by atoms with Gasteiger partial charge in [-0.15, -0.1) is 0 Å². The van der Waals surface area contributed by atoms with E-state index in [9.17, 15) is 4.79 Å². The standard InChI is InChI=1S/C12H19N3O/c1-10(2)11-3-6-14(7-4-11)12(16)15-8-5-13-9-15/h5,8-11H,3-4,6-7H2,1-2H3. The van der Waals surface area contributed by atoms with Gasteiger partial charge in [-0.05, 0) is 24.7 Å². The van der Waals surface area contributed by atoms with Crippen molar-refractivity contribution in [3.63, 3.8) is 0 Å². The number of imidazole rings is 1. The van der Waals surface area contributed by atoms with Crippen molar-refractivity contribution in [3.8, 4) is 0 Å². The molecule has 1 aliphatic heterocycles. The molecule has 1 saturated heterocycles. The van der Waals surface area contributed by atoms with Gasteiger partial charge >= 0.3 is 6.03 Å². The molecular formula is C12H19N3O. The van der Waals surface area contributed by atoms with Crippen molar-refractivity contribution in [2.24, 2.45) is 11.8 Å². The number of amides is 1. The van der Waals surface area contributed by atoms with Crippen LogP contribution in [0.25, 0.3) is 0 Å². The molecule has 16 heavy (non-hydrogen) atoms. The van der Waals surface area contributed by atoms with Crippen LogP contribution in [0.1, 0.15) is 26.7 Å². The monoisotopic (exact) mass is 221 g/mol. The molecule has 0 N–H and O–H groups in total. The van der Waals surface area contributed by atoms with E-state index in [1.54, 1.807) is 23.3 Å². The number of carbonyl (C=O) groups is 1. The van der Waals surface area contributed by atoms with Gasteiger partial charge in [0.25, 0.3) is 0 Å². The van der Waals surface area contributed by atoms with Crippen molar-refractivity contribution >= 4 is 6.03 Å². The van der Waals surface area contributed by atoms with Crippen molar-refractivity contribution in [1.82, 2.24) is 14.5 Å². The lowest BCUT2D eigenvalue weighted by atomic mass is 9.87. The van der Waals surface area contributed by atoms with Gasteiger partial charge in [-0.3, -0.25) is 4.57 Å². The van der Waals surface area contributed by atoms with E-state index in [0.29, 0.717) is 0 Å². The largest absolute Gasteiger partial charge is 0.329 e. The third-order valence-corrected chi connectivity index (χ3v) is 3.48. The van der Waals surface area contributed by atoms with Gasteiger partial charge in [-0.1, -0.05) is 13.8 Å². The summed E-state index contributed by atoms with van der Waals surface area (Å²) >= 11 is 0. The first-order valence-corrected chi connectivity index (χ1v) is 5.95. The van der Waals surface area contributed by atoms with Crippen molar-refractivity contribution in [2.45, 2.75) is 26.7 Å². The fourth-order valence-corrected chi connectivity index (χ4v) is 2.29. The van der Waals surface area contributed by atoms with Crippen LogP contribution in [-0.2, 0) is 0 Å². The highest BCUT2D eigenvalue weighted by Gasteiger charge is 2.24. The van der Waals surface area contributed by atoms with E-state index in [0.717, 1.165) is 37.8 Å². The van der Waals surface area contributed by atoms with Gasteiger partial charge in [0.15, 0.2) is 0 Å². The van der Waals surface area contributed by atoms with Gasteiger partial charge < -0.3 is 4.90 Å². The second-order valence-electron chi connectivity index (χ2n) is 4.82. The average Bonchev–Trinajstić information content (AvgIpc) is 2.81. The van der Waals surface area contributed by atoms with E-state index in [1.807, 2.05) is 4.90 Å². The van der Waals surface area contributed by atoms with Crippen LogP contribution in [-0.4, -0.2) is 33.6 Å². The molecule has 1 aromatic rings. The zero-order valence-corrected chi connectivity index (χ0v) is 9.97. The number of likely N-dealkylation sites (tertiary alicyclic amines) is 1. The molecule has 1 aliphatic rings. The minimum Gasteiger partial charge on any atom is -0.324 e. The molecule has 1 amide bonds. The highest BCUT2D eigenvalue weighted by molar-refractivity contribution is 5.76. The topological polar surface area (TPSA) is 38.1 Å². The van der Waals surface area contributed by atoms with Crippen LogP contribution < -0.4 is 0 Å². The van der Waals surface area contributed by atoms with Gasteiger partial charge in [-0.25, -0.2) is 9.78 Å². The van der Waals surface area contributed by atoms with Crippen LogP contribution in [0, 0.1) is 11.8 Å². The van der Waals surface area contributed by atoms with Crippen molar-refractivity contribution in [2.75, 3.05) is 13.1 Å². The van der Waals surface area contributed by atoms with Gasteiger partial charge in [0.1, 0.15) is 6.33 Å². The Morgan fingerprint density at radius 2 is 2.06 bits per heavy atom. The Bertz CT molecular complexity index is 337. The summed E-state index contributed by atoms with van der Waals surface area (Å²) in [5.41, 5.74) is 0. The molecule has 0 radical (unpaired) electrons. The highest BCUT2D eigenvalue weighted by atomic mass is 16.2. The van der Waals surface area contributed by atoms with Crippen LogP contribution in [0.4, 0.5) is 4.79 Å². The zero-order valence-electron chi connectivity index (χ0n) is 9.97. The fourth-order valence-electron chi connectivity index (χ4n) is 2.29. The lowest BCUT2D eigenvalue weighted by molar-refractivity contribution is 0.158. The third kappa shape index (κ3) is 2.26. The maximum Gasteiger partial charge on any atom is 0.329 e. The first-order chi connectivity index (χ1) is 7.68. The molecule has 4 nitrogen and oxygen atoms in total. The Balaban J connectivity index is 1.92. The summed E-state index contributed by atoms with van der Waals surface area (Å²) in [4.78, 5) is 17.8. The number of hydrogen-bond donors (Lipinski definition) is 0. The molecule has 88 valence electrons. The molecule has 4 heteroatoms. The molecule has 0 atom stereocenters. The van der Waals surface area contributed by atoms with E-state index in [1.165, 1.54) is 0 Å². The number of rotatable bonds is 1. The number of carbonyl (C=O) groups excluding carboxylic acids is 1. The molecule has 0 saturated carbocycles. The zero-order chi connectivity index (χ0) is 11.5. The minimum atomic E-state index is 0.0553. The van der Waals surface area contributed by atoms with E-state index in [-0.39, 0.29) is 6.03 Å². The summed E-state index contributed by atoms with van der Waals surface area (Å²) in [6.45, 7) is 6.27. The fraction of sp³-hybridized carbons (Fsp3) is 0.667. The Morgan fingerprint density at radius 3 is 2.56 bits per heavy atom. The molecule has 1 fully saturated rings. The summed E-state index contributed by atoms with van der Waals surface area (Å²) in [6.07, 6.45) is 7.16. The number of piperidine rings is 1. The van der Waals surface area contributed by atoms with Gasteiger partial charge in [0, 0.05) is 25.5 Å². The average molecular weight is 221 g/mol. The van der Waals surface area contributed by atoms with E-state index >= 15 is 0 Å². The highest BCUT2D eigenvalue weighted by Crippen LogP contribution is 2.24. The number of hydrogen-bond acceptors (Lipinski definition) is 2. The lowest BCUT2D eigenvalue weighted by Gasteiger charge is -2.33. The maximum absolute atomic E-state index is 12.0. The number of nitrogens with zero attached hydrogens (tertiary/aromatic N) is 3. The second-order valence-corrected chi connectivity index (χ2v) is 4.82. The Morgan fingerprint density at radius 1 is 1.38 bits per heavy atom. The van der Waals surface area contributed by atoms with Crippen LogP contribution in [0.2, 0.25) is 0 Å². The Hall–Kier alpha value is -1.32. The first-order valence-electron chi connectivity index (χ1n) is 5.95. The van der Waals surface area contributed by atoms with Crippen molar-refractivity contribution < 1.29 is 4.79 Å². The lowest BCUT2D eigenvalue weighted by Crippen LogP contribution is -2.41. The van der Waals surface area contributed by atoms with Gasteiger partial charge in [0.05, 0.1) is 0 Å². The summed E-state index contributed by atoms with van der Waals surface area (Å²) in [7, 11) is 0. The summed E-state index contributed by atoms with van der Waals surface area (Å²) in [6, 6.07) is 0.0553. The molecule has 0 aliphatic carbocycles. The number of aromatic nitrogens is 2. The smallest absolute Gasteiger partial charge is 0.324 e. The van der Waals surface area contributed by atoms with Crippen LogP contribution in [0.5, 0.6) is 0 Å². The summed E-state index contributed by atoms with van der Waals surface area (Å²) in [5, 5.41) is 0. The third-order valence-electron chi connectivity index (χ3n) is 3.48. The summed E-state index contributed by atoms with van der Waals surface area (Å²) < 4.78 is 1.55. The van der Waals surface area contributed by atoms with Crippen LogP contribution >= 0.6 is 0 Å². The van der Waals surface area contributed by atoms with Gasteiger partial charge in [0.2, 0.25) is 0 Å². The van der Waals surface area contributed by atoms with Crippen molar-refractivity contribution in [3.05, 3.63) is 18.7 Å². The predicted molar refractivity (Wildman–Crippen MR) is 62.2 cm³/mol. The summed E-state index contributed by atoms with van der Waals surface area (Å²) in [5.74, 6) is 1.50. The predicted octanol–water partition coefficient (Wildman–Crippen LogP) is 2.22. The molecule has 2 heterocycles. The first kappa shape index (κ1) is 11.2. The molecule has 0 spiro atoms. The Labute approximate surface area is 96.3 Å². The normalized spacial score (nSPS) is 18.1. The maximum atomic E-state index is 12.0. The molecule has 2 rings (SSSR count). The van der Waals surface area contributed by atoms with Crippen LogP contribution in [0.3, 0.4) is 0 Å². The quantitative estimate of drug-likeness (QED) is 0.729. The minimum absolute atomic E-state index is 0.0553. The SMILES string of the molecule is CC(C)C1CCN(C(=O)n2ccnc2)CC1. The second kappa shape index (κ2) is 4.68. The van der Waals surface area contributed by atoms with Gasteiger partial charge in [-0.2, -0.15) is 0 Å². The van der Waals surface area contributed by atoms with Crippen LogP contribution in [0.15, 0.2) is 18.7 Å². The van der Waals surface area contributed by atoms with Crippen molar-refractivity contribution in [1.29, 1.82) is 0 Å². The molecule has 0 unspecified atom stereocenters. The molecule has 0 aromatic carbocycles. The molecule has 0 bridgehead atoms. The Kier molecular flexibility index (Phi) is 3.27. The molecular weight excluding hydrogens is 202 g/mol. The van der Waals surface area contributed by atoms with E-state index < -0.39 is 0 Å². The van der Waals surface area contributed by atoms with E-state index in [4.69, 9.17) is 0 Å². The molecule has 1 aromatic heterocycles.